The number of nitrogens with zero attached hydrogens (tertiary/aromatic N) is 2. The predicted octanol–water partition coefficient (Wildman–Crippen LogP) is 5.36. The van der Waals surface area contributed by atoms with E-state index in [4.69, 9.17) is 4.74 Å². The lowest BCUT2D eigenvalue weighted by Crippen LogP contribution is -2.05. The fourth-order valence-electron chi connectivity index (χ4n) is 3.65. The maximum Gasteiger partial charge on any atom is 0.342 e. The zero-order valence-electron chi connectivity index (χ0n) is 18.5. The van der Waals surface area contributed by atoms with Gasteiger partial charge in [-0.15, -0.1) is 0 Å². The van der Waals surface area contributed by atoms with Gasteiger partial charge >= 0.3 is 11.9 Å². The van der Waals surface area contributed by atoms with Gasteiger partial charge in [-0.2, -0.15) is 0 Å². The molecule has 0 aliphatic rings. The highest BCUT2D eigenvalue weighted by atomic mass is 32.2. The molecule has 2 N–H and O–H groups in total. The van der Waals surface area contributed by atoms with Crippen LogP contribution in [0.25, 0.3) is 22.8 Å². The lowest BCUT2D eigenvalue weighted by molar-refractivity contribution is -0.131. The van der Waals surface area contributed by atoms with Crippen molar-refractivity contribution in [1.82, 2.24) is 14.5 Å². The zero-order chi connectivity index (χ0) is 23.5. The Morgan fingerprint density at radius 3 is 2.55 bits per heavy atom. The van der Waals surface area contributed by atoms with Crippen LogP contribution in [0, 0.1) is 13.8 Å². The van der Waals surface area contributed by atoms with Gasteiger partial charge in [0.25, 0.3) is 0 Å². The Morgan fingerprint density at radius 1 is 1.15 bits per heavy atom. The van der Waals surface area contributed by atoms with Gasteiger partial charge in [-0.05, 0) is 86.6 Å². The van der Waals surface area contributed by atoms with Gasteiger partial charge in [-0.25, -0.2) is 14.6 Å². The number of ether oxygens (including phenoxy) is 1. The van der Waals surface area contributed by atoms with Crippen LogP contribution in [0.15, 0.2) is 64.7 Å². The summed E-state index contributed by atoms with van der Waals surface area (Å²) >= 11 is 1.08. The Hall–Kier alpha value is -3.78. The number of hydrogen-bond donors (Lipinski definition) is 2. The van der Waals surface area contributed by atoms with Crippen molar-refractivity contribution in [2.45, 2.75) is 25.9 Å². The van der Waals surface area contributed by atoms with E-state index < -0.39 is 5.97 Å². The number of nitrogens with one attached hydrogen (secondary N) is 1. The Labute approximate surface area is 195 Å². The second-order valence-electron chi connectivity index (χ2n) is 7.40. The van der Waals surface area contributed by atoms with Gasteiger partial charge in [-0.1, -0.05) is 12.1 Å². The van der Waals surface area contributed by atoms with E-state index >= 15 is 0 Å². The number of carbonyl (C=O) groups excluding carboxylic acids is 1. The average molecular weight is 462 g/mol. The number of aromatic amines is 1. The quantitative estimate of drug-likeness (QED) is 0.218. The minimum absolute atomic E-state index is 0.159. The van der Waals surface area contributed by atoms with Crippen molar-refractivity contribution in [2.24, 2.45) is 0 Å². The van der Waals surface area contributed by atoms with Gasteiger partial charge in [-0.3, -0.25) is 0 Å². The molecule has 0 radical (unpaired) electrons. The lowest BCUT2D eigenvalue weighted by Gasteiger charge is -2.10. The monoisotopic (exact) mass is 461 g/mol. The van der Waals surface area contributed by atoms with Crippen molar-refractivity contribution in [3.63, 3.8) is 0 Å². The number of aryl methyl sites for hydroxylation is 1. The number of aromatic nitrogens is 3. The van der Waals surface area contributed by atoms with E-state index in [1.54, 1.807) is 25.1 Å². The minimum Gasteiger partial charge on any atom is -0.477 e. The first-order valence-electron chi connectivity index (χ1n) is 10.4. The van der Waals surface area contributed by atoms with Gasteiger partial charge in [0.1, 0.15) is 4.91 Å². The Bertz CT molecular complexity index is 1330. The smallest absolute Gasteiger partial charge is 0.342 e. The van der Waals surface area contributed by atoms with E-state index in [2.05, 4.69) is 9.97 Å². The summed E-state index contributed by atoms with van der Waals surface area (Å²) in [4.78, 5) is 31.7. The third-order valence-corrected chi connectivity index (χ3v) is 6.08. The third-order valence-electron chi connectivity index (χ3n) is 5.18. The van der Waals surface area contributed by atoms with Crippen molar-refractivity contribution >= 4 is 40.8 Å². The maximum atomic E-state index is 12.0. The largest absolute Gasteiger partial charge is 0.477 e. The third kappa shape index (κ3) is 4.70. The number of thioether (sulfide) groups is 1. The number of H-pyrrole nitrogens is 1. The van der Waals surface area contributed by atoms with E-state index in [0.29, 0.717) is 17.3 Å². The van der Waals surface area contributed by atoms with Crippen molar-refractivity contribution in [2.75, 3.05) is 6.61 Å². The highest BCUT2D eigenvalue weighted by Crippen LogP contribution is 2.30. The van der Waals surface area contributed by atoms with Crippen molar-refractivity contribution in [3.05, 3.63) is 82.0 Å². The first-order valence-corrected chi connectivity index (χ1v) is 11.2. The molecule has 0 atom stereocenters. The predicted molar refractivity (Wildman–Crippen MR) is 129 cm³/mol. The summed E-state index contributed by atoms with van der Waals surface area (Å²) < 4.78 is 7.06. The number of benzene rings is 2. The summed E-state index contributed by atoms with van der Waals surface area (Å²) in [5, 5.41) is 10.3. The summed E-state index contributed by atoms with van der Waals surface area (Å²) in [6.45, 7) is 5.98. The molecule has 33 heavy (non-hydrogen) atoms. The molecule has 168 valence electrons. The lowest BCUT2D eigenvalue weighted by atomic mass is 10.2. The molecule has 0 unspecified atom stereocenters. The first-order chi connectivity index (χ1) is 15.9. The first kappa shape index (κ1) is 22.4. The van der Waals surface area contributed by atoms with Crippen LogP contribution >= 0.6 is 11.8 Å². The highest BCUT2D eigenvalue weighted by molar-refractivity contribution is 8.04. The van der Waals surface area contributed by atoms with E-state index in [1.165, 1.54) is 0 Å². The summed E-state index contributed by atoms with van der Waals surface area (Å²) in [7, 11) is 0. The molecule has 2 aromatic heterocycles. The van der Waals surface area contributed by atoms with E-state index in [0.717, 1.165) is 45.4 Å². The number of para-hydroxylation sites is 2. The Balaban J connectivity index is 1.65. The molecule has 2 heterocycles. The molecule has 4 aromatic rings. The van der Waals surface area contributed by atoms with Gasteiger partial charge in [0.05, 0.1) is 23.2 Å². The molecule has 7 nitrogen and oxygen atoms in total. The number of carboxylic acids is 1. The zero-order valence-corrected chi connectivity index (χ0v) is 19.3. The van der Waals surface area contributed by atoms with Crippen LogP contribution < -0.4 is 0 Å². The summed E-state index contributed by atoms with van der Waals surface area (Å²) in [5.74, 6) is -1.38. The van der Waals surface area contributed by atoms with Crippen LogP contribution in [0.2, 0.25) is 0 Å². The molecule has 4 rings (SSSR count). The molecule has 0 saturated carbocycles. The topological polar surface area (TPSA) is 97.2 Å². The van der Waals surface area contributed by atoms with Gasteiger partial charge in [0.2, 0.25) is 0 Å². The number of rotatable bonds is 7. The standard InChI is InChI=1S/C25H23N3O4S/c1-4-32-24(31)17-9-11-19(12-10-17)28-15(2)13-18(16(28)3)14-22(23(29)30)33-25-26-20-7-5-6-8-21(20)27-25/h5-14H,4H2,1-3H3,(H,26,27)(H,29,30)/b22-14-. The van der Waals surface area contributed by atoms with Crippen molar-refractivity contribution in [3.8, 4) is 5.69 Å². The molecule has 0 fully saturated rings. The molecule has 2 aromatic carbocycles. The summed E-state index contributed by atoms with van der Waals surface area (Å²) in [6, 6.07) is 16.7. The summed E-state index contributed by atoms with van der Waals surface area (Å²) in [6.07, 6.45) is 1.66. The van der Waals surface area contributed by atoms with Gasteiger partial charge in [0.15, 0.2) is 5.16 Å². The minimum atomic E-state index is -1.02. The normalized spacial score (nSPS) is 11.7. The second kappa shape index (κ2) is 9.38. The molecular weight excluding hydrogens is 438 g/mol. The van der Waals surface area contributed by atoms with Crippen LogP contribution in [-0.4, -0.2) is 38.2 Å². The molecule has 0 saturated heterocycles. The molecule has 0 amide bonds. The molecule has 0 aliphatic carbocycles. The summed E-state index contributed by atoms with van der Waals surface area (Å²) in [5.41, 5.74) is 5.63. The maximum absolute atomic E-state index is 12.0. The average Bonchev–Trinajstić information content (AvgIpc) is 3.33. The molecule has 0 bridgehead atoms. The van der Waals surface area contributed by atoms with Crippen LogP contribution in [0.5, 0.6) is 0 Å². The number of carboxylic acid groups (broad SMARTS) is 1. The molecule has 8 heteroatoms. The Kier molecular flexibility index (Phi) is 6.37. The van der Waals surface area contributed by atoms with Crippen molar-refractivity contribution < 1.29 is 19.4 Å². The second-order valence-corrected chi connectivity index (χ2v) is 8.43. The van der Waals surface area contributed by atoms with E-state index in [-0.39, 0.29) is 10.9 Å². The molecule has 0 aliphatic heterocycles. The molecular formula is C25H23N3O4S. The van der Waals surface area contributed by atoms with Crippen LogP contribution in [0.3, 0.4) is 0 Å². The highest BCUT2D eigenvalue weighted by Gasteiger charge is 2.16. The fourth-order valence-corrected chi connectivity index (χ4v) is 4.44. The van der Waals surface area contributed by atoms with E-state index in [9.17, 15) is 14.7 Å². The fraction of sp³-hybridized carbons (Fsp3) is 0.160. The number of imidazole rings is 1. The van der Waals surface area contributed by atoms with Gasteiger partial charge < -0.3 is 19.4 Å². The van der Waals surface area contributed by atoms with Crippen LogP contribution in [0.1, 0.15) is 34.2 Å². The number of fused-ring (bicyclic) bond motifs is 1. The number of aliphatic carboxylic acids is 1. The Morgan fingerprint density at radius 2 is 1.88 bits per heavy atom. The van der Waals surface area contributed by atoms with E-state index in [1.807, 2.05) is 60.9 Å². The molecule has 0 spiro atoms. The SMILES string of the molecule is CCOC(=O)c1ccc(-n2c(C)cc(/C=C(\Sc3nc4ccccc4[nH]3)C(=O)O)c2C)cc1. The van der Waals surface area contributed by atoms with Crippen LogP contribution in [0.4, 0.5) is 0 Å². The van der Waals surface area contributed by atoms with Crippen LogP contribution in [-0.2, 0) is 9.53 Å². The number of carbonyl (C=O) groups is 2. The number of esters is 1. The van der Waals surface area contributed by atoms with Crippen molar-refractivity contribution in [1.29, 1.82) is 0 Å². The van der Waals surface area contributed by atoms with Gasteiger partial charge in [0, 0.05) is 17.1 Å². The number of hydrogen-bond acceptors (Lipinski definition) is 5.